The Labute approximate surface area is 35.7 Å². The SMILES string of the molecule is N#CN=S(=O)=O. The van der Waals surface area contributed by atoms with E-state index in [1.54, 1.807) is 0 Å². The van der Waals surface area contributed by atoms with Gasteiger partial charge in [-0.25, -0.2) is 0 Å². The lowest BCUT2D eigenvalue weighted by atomic mass is 11.5. The van der Waals surface area contributed by atoms with Crippen molar-refractivity contribution in [3.05, 3.63) is 0 Å². The minimum absolute atomic E-state index is 1.08. The van der Waals surface area contributed by atoms with Crippen LogP contribution in [-0.2, 0) is 10.5 Å². The van der Waals surface area contributed by atoms with E-state index in [1.807, 2.05) is 0 Å². The summed E-state index contributed by atoms with van der Waals surface area (Å²) in [6, 6.07) is 0. The molecule has 0 aromatic heterocycles. The fraction of sp³-hybridized carbons (Fsp3) is 0. The van der Waals surface area contributed by atoms with Crippen LogP contribution in [0.5, 0.6) is 0 Å². The summed E-state index contributed by atoms with van der Waals surface area (Å²) in [4.78, 5) is 0. The monoisotopic (exact) mass is 104 g/mol. The van der Waals surface area contributed by atoms with Crippen LogP contribution in [0.25, 0.3) is 0 Å². The molecule has 5 heteroatoms. The zero-order valence-electron chi connectivity index (χ0n) is 2.62. The summed E-state index contributed by atoms with van der Waals surface area (Å²) >= 11 is 0. The lowest BCUT2D eigenvalue weighted by Crippen LogP contribution is -1.47. The molecule has 0 aliphatic carbocycles. The van der Waals surface area contributed by atoms with Gasteiger partial charge in [0.25, 0.3) is 0 Å². The molecule has 4 nitrogen and oxygen atoms in total. The normalized spacial score (nSPS) is 5.83. The molecule has 6 heavy (non-hydrogen) atoms. The first-order valence-electron chi connectivity index (χ1n) is 0.963. The van der Waals surface area contributed by atoms with Crippen LogP contribution in [0.1, 0.15) is 0 Å². The average Bonchev–Trinajstić information content (AvgIpc) is 1.35. The van der Waals surface area contributed by atoms with Crippen LogP contribution < -0.4 is 0 Å². The third kappa shape index (κ3) is 3.11. The van der Waals surface area contributed by atoms with Crippen LogP contribution in [0.2, 0.25) is 0 Å². The summed E-state index contributed by atoms with van der Waals surface area (Å²) in [6.45, 7) is 0. The van der Waals surface area contributed by atoms with Crippen LogP contribution in [-0.4, -0.2) is 8.42 Å². The first-order chi connectivity index (χ1) is 2.77. The molecular formula is CN2O2S. The number of rotatable bonds is 0. The molecule has 0 atom stereocenters. The third-order valence-electron chi connectivity index (χ3n) is 0.115. The molecular weight excluding hydrogens is 104 g/mol. The molecule has 0 aromatic carbocycles. The van der Waals surface area contributed by atoms with Crippen molar-refractivity contribution in [3.8, 4) is 6.19 Å². The second-order valence-corrected chi connectivity index (χ2v) is 1.03. The largest absolute Gasteiger partial charge is 0.326 e. The van der Waals surface area contributed by atoms with Gasteiger partial charge in [0.15, 0.2) is 0 Å². The number of hydrogen-bond acceptors (Lipinski definition) is 4. The maximum absolute atomic E-state index is 9.21. The van der Waals surface area contributed by atoms with E-state index in [0.717, 1.165) is 6.19 Å². The van der Waals surface area contributed by atoms with Crippen molar-refractivity contribution in [1.82, 2.24) is 0 Å². The molecule has 0 unspecified atom stereocenters. The summed E-state index contributed by atoms with van der Waals surface area (Å²) in [5.41, 5.74) is 0. The van der Waals surface area contributed by atoms with Crippen molar-refractivity contribution in [2.45, 2.75) is 0 Å². The lowest BCUT2D eigenvalue weighted by Gasteiger charge is -1.38. The highest BCUT2D eigenvalue weighted by atomic mass is 32.2. The second kappa shape index (κ2) is 2.35. The highest BCUT2D eigenvalue weighted by Crippen LogP contribution is 1.50. The zero-order valence-corrected chi connectivity index (χ0v) is 3.44. The highest BCUT2D eigenvalue weighted by molar-refractivity contribution is 7.61. The number of nitrogens with zero attached hydrogens (tertiary/aromatic N) is 2. The van der Waals surface area contributed by atoms with Crippen molar-refractivity contribution in [2.24, 2.45) is 4.36 Å². The second-order valence-electron chi connectivity index (χ2n) is 0.408. The fourth-order valence-corrected chi connectivity index (χ4v) is 0.100. The van der Waals surface area contributed by atoms with E-state index in [-0.39, 0.29) is 0 Å². The number of nitriles is 1. The summed E-state index contributed by atoms with van der Waals surface area (Å²) < 4.78 is 20.8. The van der Waals surface area contributed by atoms with Gasteiger partial charge in [-0.05, 0) is 0 Å². The molecule has 0 amide bonds. The van der Waals surface area contributed by atoms with E-state index in [4.69, 9.17) is 5.26 Å². The van der Waals surface area contributed by atoms with E-state index in [2.05, 4.69) is 4.36 Å². The minimum atomic E-state index is -2.55. The van der Waals surface area contributed by atoms with Gasteiger partial charge in [-0.3, -0.25) is 0 Å². The maximum Gasteiger partial charge on any atom is 0.326 e. The molecule has 0 fully saturated rings. The molecule has 0 N–H and O–H groups in total. The van der Waals surface area contributed by atoms with E-state index in [9.17, 15) is 8.42 Å². The van der Waals surface area contributed by atoms with Crippen LogP contribution in [0.15, 0.2) is 4.36 Å². The first kappa shape index (κ1) is 5.11. The van der Waals surface area contributed by atoms with E-state index in [1.165, 1.54) is 0 Å². The molecule has 0 aliphatic rings. The van der Waals surface area contributed by atoms with Gasteiger partial charge in [-0.1, -0.05) is 4.36 Å². The quantitative estimate of drug-likeness (QED) is 0.390. The van der Waals surface area contributed by atoms with Gasteiger partial charge in [0.1, 0.15) is 0 Å². The maximum atomic E-state index is 9.21. The topological polar surface area (TPSA) is 70.3 Å². The molecule has 0 heterocycles. The lowest BCUT2D eigenvalue weighted by molar-refractivity contribution is 0.622. The Kier molecular flexibility index (Phi) is 2.00. The van der Waals surface area contributed by atoms with Gasteiger partial charge in [0.05, 0.1) is 0 Å². The Morgan fingerprint density at radius 2 is 2.17 bits per heavy atom. The van der Waals surface area contributed by atoms with Crippen molar-refractivity contribution < 1.29 is 8.42 Å². The van der Waals surface area contributed by atoms with Gasteiger partial charge in [0, 0.05) is 0 Å². The van der Waals surface area contributed by atoms with Gasteiger partial charge in [0.2, 0.25) is 6.19 Å². The molecule has 0 radical (unpaired) electrons. The van der Waals surface area contributed by atoms with Crippen LogP contribution >= 0.6 is 0 Å². The van der Waals surface area contributed by atoms with Gasteiger partial charge in [-0.2, -0.15) is 13.7 Å². The summed E-state index contributed by atoms with van der Waals surface area (Å²) in [5.74, 6) is 0. The Morgan fingerprint density at radius 3 is 2.17 bits per heavy atom. The Morgan fingerprint density at radius 1 is 1.67 bits per heavy atom. The molecule has 0 rings (SSSR count). The van der Waals surface area contributed by atoms with Crippen LogP contribution in [0, 0.1) is 11.5 Å². The molecule has 0 saturated carbocycles. The molecule has 0 bridgehead atoms. The molecule has 0 saturated heterocycles. The first-order valence-corrected chi connectivity index (χ1v) is 1.99. The summed E-state index contributed by atoms with van der Waals surface area (Å²) in [7, 11) is -2.55. The fourth-order valence-electron chi connectivity index (χ4n) is 0.0333. The van der Waals surface area contributed by atoms with E-state index in [0.29, 0.717) is 0 Å². The third-order valence-corrected chi connectivity index (χ3v) is 0.346. The van der Waals surface area contributed by atoms with Crippen molar-refractivity contribution in [2.75, 3.05) is 0 Å². The Bertz CT molecular complexity index is 174. The Balaban J connectivity index is 4.31. The average molecular weight is 104 g/mol. The van der Waals surface area contributed by atoms with Crippen LogP contribution in [0.4, 0.5) is 0 Å². The molecule has 0 aliphatic heterocycles. The smallest absolute Gasteiger partial charge is 0.169 e. The summed E-state index contributed by atoms with van der Waals surface area (Å²) in [6.07, 6.45) is 1.08. The van der Waals surface area contributed by atoms with Gasteiger partial charge in [-0.15, -0.1) is 0 Å². The predicted molar refractivity (Wildman–Crippen MR) is 17.0 cm³/mol. The van der Waals surface area contributed by atoms with Gasteiger partial charge < -0.3 is 0 Å². The number of hydrogen-bond donors (Lipinski definition) is 0. The van der Waals surface area contributed by atoms with Crippen molar-refractivity contribution in [3.63, 3.8) is 0 Å². The zero-order chi connectivity index (χ0) is 4.99. The standard InChI is InChI=1S/CN2O2S/c2-1-3-6(4)5. The van der Waals surface area contributed by atoms with E-state index >= 15 is 0 Å². The highest BCUT2D eigenvalue weighted by Gasteiger charge is 1.57. The van der Waals surface area contributed by atoms with E-state index < -0.39 is 10.5 Å². The van der Waals surface area contributed by atoms with Crippen LogP contribution in [0.3, 0.4) is 0 Å². The van der Waals surface area contributed by atoms with Gasteiger partial charge >= 0.3 is 10.5 Å². The van der Waals surface area contributed by atoms with Crippen molar-refractivity contribution in [1.29, 1.82) is 5.26 Å². The predicted octanol–water partition coefficient (Wildman–Crippen LogP) is -0.470. The molecule has 32 valence electrons. The summed E-state index contributed by atoms with van der Waals surface area (Å²) in [5, 5.41) is 7.43. The molecule has 0 spiro atoms. The minimum Gasteiger partial charge on any atom is -0.169 e. The molecule has 0 aromatic rings. The van der Waals surface area contributed by atoms with Crippen molar-refractivity contribution >= 4 is 10.5 Å². The Hall–Kier alpha value is -0.890.